The molecule has 0 spiro atoms. The average Bonchev–Trinajstić information content (AvgIpc) is 2.86. The van der Waals surface area contributed by atoms with Gasteiger partial charge in [0, 0.05) is 0 Å². The van der Waals surface area contributed by atoms with Gasteiger partial charge in [0.15, 0.2) is 0 Å². The molecule has 0 bridgehead atoms. The van der Waals surface area contributed by atoms with E-state index < -0.39 is 29.9 Å². The van der Waals surface area contributed by atoms with Crippen LogP contribution in [0.3, 0.4) is 0 Å². The first kappa shape index (κ1) is 20.2. The first-order valence-electron chi connectivity index (χ1n) is 8.61. The Balaban J connectivity index is 2.00. The van der Waals surface area contributed by atoms with Gasteiger partial charge in [0.25, 0.3) is 11.8 Å². The number of esters is 1. The van der Waals surface area contributed by atoms with E-state index in [2.05, 4.69) is 10.6 Å². The zero-order valence-corrected chi connectivity index (χ0v) is 16.6. The molecule has 8 nitrogen and oxygen atoms in total. The molecular formula is C18H17Cl2N3O5. The molecule has 0 saturated heterocycles. The van der Waals surface area contributed by atoms with Crippen molar-refractivity contribution in [2.45, 2.75) is 26.3 Å². The number of nitrogens with one attached hydrogen (secondary N) is 2. The summed E-state index contributed by atoms with van der Waals surface area (Å²) in [6.45, 7) is 3.30. The van der Waals surface area contributed by atoms with E-state index in [9.17, 15) is 19.2 Å². The molecule has 1 aromatic rings. The van der Waals surface area contributed by atoms with Crippen molar-refractivity contribution in [2.24, 2.45) is 0 Å². The molecule has 0 aliphatic carbocycles. The lowest BCUT2D eigenvalue weighted by Gasteiger charge is -2.29. The molecule has 0 radical (unpaired) electrons. The fourth-order valence-electron chi connectivity index (χ4n) is 3.17. The van der Waals surface area contributed by atoms with Crippen LogP contribution in [0.15, 0.2) is 23.4 Å². The molecule has 2 aliphatic rings. The second kappa shape index (κ2) is 7.81. The van der Waals surface area contributed by atoms with Crippen LogP contribution in [-0.4, -0.2) is 47.9 Å². The summed E-state index contributed by atoms with van der Waals surface area (Å²) in [5, 5.41) is 5.45. The quantitative estimate of drug-likeness (QED) is 0.556. The summed E-state index contributed by atoms with van der Waals surface area (Å²) in [5.74, 6) is -1.80. The Hall–Kier alpha value is -2.58. The number of benzene rings is 1. The zero-order chi connectivity index (χ0) is 20.6. The molecule has 3 rings (SSSR count). The van der Waals surface area contributed by atoms with Gasteiger partial charge in [-0.2, -0.15) is 0 Å². The molecule has 2 N–H and O–H groups in total. The standard InChI is InChI=1S/C18H17Cl2N3O5/c1-3-12-14(17(26)28-4-2)13(22-18(27)21-12)7-23-15(24)8-5-10(19)11(20)6-9(8)16(23)25/h5-6,12H,3-4,7H2,1-2H3,(H2,21,22,27). The summed E-state index contributed by atoms with van der Waals surface area (Å²) in [5.41, 5.74) is 0.548. The van der Waals surface area contributed by atoms with Crippen LogP contribution in [0.25, 0.3) is 0 Å². The molecular weight excluding hydrogens is 409 g/mol. The van der Waals surface area contributed by atoms with Crippen molar-refractivity contribution in [2.75, 3.05) is 13.2 Å². The lowest BCUT2D eigenvalue weighted by Crippen LogP contribution is -2.52. The monoisotopic (exact) mass is 425 g/mol. The first-order valence-corrected chi connectivity index (χ1v) is 9.36. The van der Waals surface area contributed by atoms with Gasteiger partial charge in [-0.05, 0) is 25.5 Å². The highest BCUT2D eigenvalue weighted by atomic mass is 35.5. The molecule has 1 atom stereocenters. The molecule has 0 saturated carbocycles. The maximum absolute atomic E-state index is 12.7. The smallest absolute Gasteiger partial charge is 0.337 e. The van der Waals surface area contributed by atoms with Gasteiger partial charge in [0.05, 0.1) is 51.6 Å². The van der Waals surface area contributed by atoms with E-state index in [0.29, 0.717) is 6.42 Å². The summed E-state index contributed by atoms with van der Waals surface area (Å²) in [6.07, 6.45) is 0.429. The molecule has 4 amide bonds. The third kappa shape index (κ3) is 3.45. The van der Waals surface area contributed by atoms with Crippen molar-refractivity contribution >= 4 is 47.0 Å². The third-order valence-corrected chi connectivity index (χ3v) is 5.20. The highest BCUT2D eigenvalue weighted by molar-refractivity contribution is 6.43. The summed E-state index contributed by atoms with van der Waals surface area (Å²) in [4.78, 5) is 50.8. The minimum Gasteiger partial charge on any atom is -0.463 e. The van der Waals surface area contributed by atoms with E-state index in [1.165, 1.54) is 12.1 Å². The van der Waals surface area contributed by atoms with Gasteiger partial charge >= 0.3 is 12.0 Å². The number of amides is 4. The van der Waals surface area contributed by atoms with Crippen LogP contribution in [0.2, 0.25) is 10.0 Å². The topological polar surface area (TPSA) is 105 Å². The van der Waals surface area contributed by atoms with Crippen molar-refractivity contribution in [1.82, 2.24) is 15.5 Å². The van der Waals surface area contributed by atoms with E-state index in [-0.39, 0.29) is 45.6 Å². The van der Waals surface area contributed by atoms with Crippen molar-refractivity contribution in [3.8, 4) is 0 Å². The largest absolute Gasteiger partial charge is 0.463 e. The molecule has 1 unspecified atom stereocenters. The second-order valence-electron chi connectivity index (χ2n) is 6.18. The Labute approximate surface area is 170 Å². The van der Waals surface area contributed by atoms with Gasteiger partial charge in [0.2, 0.25) is 0 Å². The van der Waals surface area contributed by atoms with Crippen LogP contribution in [0.4, 0.5) is 4.79 Å². The SMILES string of the molecule is CCOC(=O)C1=C(CN2C(=O)c3cc(Cl)c(Cl)cc3C2=O)NC(=O)NC1CC. The fraction of sp³-hybridized carbons (Fsp3) is 0.333. The maximum Gasteiger partial charge on any atom is 0.337 e. The number of rotatable bonds is 5. The van der Waals surface area contributed by atoms with Gasteiger partial charge in [-0.15, -0.1) is 0 Å². The molecule has 1 aromatic carbocycles. The van der Waals surface area contributed by atoms with E-state index in [0.717, 1.165) is 4.90 Å². The van der Waals surface area contributed by atoms with E-state index in [1.807, 2.05) is 0 Å². The third-order valence-electron chi connectivity index (χ3n) is 4.47. The summed E-state index contributed by atoms with van der Waals surface area (Å²) < 4.78 is 5.08. The molecule has 148 valence electrons. The number of carbonyl (C=O) groups excluding carboxylic acids is 4. The van der Waals surface area contributed by atoms with E-state index >= 15 is 0 Å². The Morgan fingerprint density at radius 1 is 1.11 bits per heavy atom. The summed E-state index contributed by atoms with van der Waals surface area (Å²) >= 11 is 11.9. The number of hydrogen-bond acceptors (Lipinski definition) is 5. The number of halogens is 2. The van der Waals surface area contributed by atoms with Gasteiger partial charge in [-0.3, -0.25) is 14.5 Å². The van der Waals surface area contributed by atoms with Gasteiger partial charge in [-0.25, -0.2) is 9.59 Å². The number of nitrogens with zero attached hydrogens (tertiary/aromatic N) is 1. The lowest BCUT2D eigenvalue weighted by atomic mass is 10.00. The molecule has 2 aliphatic heterocycles. The number of hydrogen-bond donors (Lipinski definition) is 2. The second-order valence-corrected chi connectivity index (χ2v) is 6.99. The minimum absolute atomic E-state index is 0.116. The van der Waals surface area contributed by atoms with Gasteiger partial charge in [-0.1, -0.05) is 30.1 Å². The Kier molecular flexibility index (Phi) is 5.62. The van der Waals surface area contributed by atoms with Crippen LogP contribution in [0.5, 0.6) is 0 Å². The number of fused-ring (bicyclic) bond motifs is 1. The average molecular weight is 426 g/mol. The Morgan fingerprint density at radius 2 is 1.68 bits per heavy atom. The molecule has 2 heterocycles. The number of carbonyl (C=O) groups is 4. The zero-order valence-electron chi connectivity index (χ0n) is 15.1. The van der Waals surface area contributed by atoms with Crippen LogP contribution in [0, 0.1) is 0 Å². The van der Waals surface area contributed by atoms with Crippen LogP contribution in [-0.2, 0) is 9.53 Å². The van der Waals surface area contributed by atoms with Gasteiger partial charge in [0.1, 0.15) is 0 Å². The van der Waals surface area contributed by atoms with Crippen LogP contribution >= 0.6 is 23.2 Å². The van der Waals surface area contributed by atoms with Crippen molar-refractivity contribution in [3.05, 3.63) is 44.6 Å². The maximum atomic E-state index is 12.7. The fourth-order valence-corrected chi connectivity index (χ4v) is 3.50. The van der Waals surface area contributed by atoms with Crippen molar-refractivity contribution in [1.29, 1.82) is 0 Å². The van der Waals surface area contributed by atoms with Crippen molar-refractivity contribution < 1.29 is 23.9 Å². The molecule has 0 fully saturated rings. The highest BCUT2D eigenvalue weighted by Crippen LogP contribution is 2.32. The Morgan fingerprint density at radius 3 is 2.18 bits per heavy atom. The van der Waals surface area contributed by atoms with Crippen LogP contribution in [0.1, 0.15) is 41.0 Å². The molecule has 0 aromatic heterocycles. The van der Waals surface area contributed by atoms with Gasteiger partial charge < -0.3 is 15.4 Å². The number of imide groups is 1. The van der Waals surface area contributed by atoms with E-state index in [4.69, 9.17) is 27.9 Å². The summed E-state index contributed by atoms with van der Waals surface area (Å²) in [6, 6.07) is 1.53. The molecule has 10 heteroatoms. The molecule has 28 heavy (non-hydrogen) atoms. The minimum atomic E-state index is -0.625. The normalized spacial score (nSPS) is 18.8. The van der Waals surface area contributed by atoms with Crippen LogP contribution < -0.4 is 10.6 Å². The first-order chi connectivity index (χ1) is 13.3. The number of urea groups is 1. The summed E-state index contributed by atoms with van der Waals surface area (Å²) in [7, 11) is 0. The predicted octanol–water partition coefficient (Wildman–Crippen LogP) is 2.50. The number of ether oxygens (including phenoxy) is 1. The Bertz CT molecular complexity index is 887. The predicted molar refractivity (Wildman–Crippen MR) is 101 cm³/mol. The highest BCUT2D eigenvalue weighted by Gasteiger charge is 2.39. The lowest BCUT2D eigenvalue weighted by molar-refractivity contribution is -0.139. The van der Waals surface area contributed by atoms with Crippen molar-refractivity contribution in [3.63, 3.8) is 0 Å². The van der Waals surface area contributed by atoms with E-state index in [1.54, 1.807) is 13.8 Å².